The number of sulfonamides is 1. The van der Waals surface area contributed by atoms with Gasteiger partial charge in [0.2, 0.25) is 10.0 Å². The Hall–Kier alpha value is -1.67. The number of anilines is 1. The monoisotopic (exact) mass is 301 g/mol. The molecular weight excluding hydrogens is 282 g/mol. The first-order valence-corrected chi connectivity index (χ1v) is 7.76. The molecule has 0 aliphatic rings. The largest absolute Gasteiger partial charge is 0.383 e. The first-order chi connectivity index (χ1) is 9.31. The van der Waals surface area contributed by atoms with Crippen molar-refractivity contribution in [2.45, 2.75) is 25.2 Å². The van der Waals surface area contributed by atoms with Gasteiger partial charge in [-0.1, -0.05) is 20.3 Å². The highest BCUT2D eigenvalue weighted by Crippen LogP contribution is 2.26. The van der Waals surface area contributed by atoms with Crippen LogP contribution >= 0.6 is 0 Å². The molecule has 1 aromatic rings. The number of hydrogen-bond donors (Lipinski definition) is 2. The molecule has 0 amide bonds. The lowest BCUT2D eigenvalue weighted by atomic mass is 10.1. The molecule has 0 saturated heterocycles. The van der Waals surface area contributed by atoms with Crippen molar-refractivity contribution in [3.05, 3.63) is 28.3 Å². The Bertz CT molecular complexity index is 586. The molecule has 0 bridgehead atoms. The highest BCUT2D eigenvalue weighted by molar-refractivity contribution is 7.89. The van der Waals surface area contributed by atoms with Crippen molar-refractivity contribution >= 4 is 21.4 Å². The summed E-state index contributed by atoms with van der Waals surface area (Å²) >= 11 is 0. The van der Waals surface area contributed by atoms with Gasteiger partial charge in [-0.3, -0.25) is 10.1 Å². The van der Waals surface area contributed by atoms with Gasteiger partial charge in [0.25, 0.3) is 5.69 Å². The maximum absolute atomic E-state index is 12.1. The van der Waals surface area contributed by atoms with Crippen LogP contribution in [0.4, 0.5) is 11.4 Å². The van der Waals surface area contributed by atoms with Gasteiger partial charge in [-0.15, -0.1) is 0 Å². The van der Waals surface area contributed by atoms with E-state index in [2.05, 4.69) is 10.0 Å². The standard InChI is InChI=1S/C12H19N3O4S/c1-4-9(2)8-14-20(18,19)10-5-6-12(15(16)17)11(7-10)13-3/h5-7,9,13-14H,4,8H2,1-3H3. The molecule has 0 aliphatic carbocycles. The minimum atomic E-state index is -3.65. The van der Waals surface area contributed by atoms with Crippen LogP contribution in [-0.2, 0) is 10.0 Å². The number of hydrogen-bond acceptors (Lipinski definition) is 5. The zero-order chi connectivity index (χ0) is 15.3. The lowest BCUT2D eigenvalue weighted by molar-refractivity contribution is -0.384. The van der Waals surface area contributed by atoms with Crippen LogP contribution < -0.4 is 10.0 Å². The van der Waals surface area contributed by atoms with Crippen LogP contribution in [0.1, 0.15) is 20.3 Å². The van der Waals surface area contributed by atoms with Crippen molar-refractivity contribution in [2.75, 3.05) is 18.9 Å². The summed E-state index contributed by atoms with van der Waals surface area (Å²) in [6.07, 6.45) is 0.866. The van der Waals surface area contributed by atoms with E-state index in [0.717, 1.165) is 6.42 Å². The average molecular weight is 301 g/mol. The number of nitrogens with zero attached hydrogens (tertiary/aromatic N) is 1. The maximum Gasteiger partial charge on any atom is 0.292 e. The van der Waals surface area contributed by atoms with Gasteiger partial charge in [-0.05, 0) is 18.1 Å². The van der Waals surface area contributed by atoms with E-state index in [1.807, 2.05) is 13.8 Å². The zero-order valence-electron chi connectivity index (χ0n) is 11.7. The first kappa shape index (κ1) is 16.4. The molecule has 0 spiro atoms. The minimum Gasteiger partial charge on any atom is -0.383 e. The molecule has 0 saturated carbocycles. The summed E-state index contributed by atoms with van der Waals surface area (Å²) in [6, 6.07) is 3.68. The van der Waals surface area contributed by atoms with Crippen molar-refractivity contribution in [1.29, 1.82) is 0 Å². The van der Waals surface area contributed by atoms with E-state index in [9.17, 15) is 18.5 Å². The van der Waals surface area contributed by atoms with E-state index in [4.69, 9.17) is 0 Å². The van der Waals surface area contributed by atoms with Crippen LogP contribution in [0.5, 0.6) is 0 Å². The Morgan fingerprint density at radius 1 is 1.40 bits per heavy atom. The summed E-state index contributed by atoms with van der Waals surface area (Å²) in [6.45, 7) is 4.26. The van der Waals surface area contributed by atoms with Crippen molar-refractivity contribution in [3.8, 4) is 0 Å². The number of nitro groups is 1. The molecule has 7 nitrogen and oxygen atoms in total. The molecule has 1 rings (SSSR count). The molecule has 1 atom stereocenters. The molecule has 20 heavy (non-hydrogen) atoms. The molecule has 112 valence electrons. The highest BCUT2D eigenvalue weighted by Gasteiger charge is 2.20. The summed E-state index contributed by atoms with van der Waals surface area (Å²) in [5, 5.41) is 13.4. The van der Waals surface area contributed by atoms with Gasteiger partial charge in [0.05, 0.1) is 9.82 Å². The van der Waals surface area contributed by atoms with E-state index < -0.39 is 14.9 Å². The lowest BCUT2D eigenvalue weighted by Gasteiger charge is -2.11. The lowest BCUT2D eigenvalue weighted by Crippen LogP contribution is -2.28. The van der Waals surface area contributed by atoms with Crippen molar-refractivity contribution in [1.82, 2.24) is 4.72 Å². The Morgan fingerprint density at radius 2 is 2.05 bits per heavy atom. The second kappa shape index (κ2) is 6.67. The van der Waals surface area contributed by atoms with Crippen molar-refractivity contribution < 1.29 is 13.3 Å². The smallest absolute Gasteiger partial charge is 0.292 e. The predicted octanol–water partition coefficient (Wildman–Crippen LogP) is 1.96. The Kier molecular flexibility index (Phi) is 5.46. The third kappa shape index (κ3) is 3.91. The Morgan fingerprint density at radius 3 is 2.55 bits per heavy atom. The van der Waals surface area contributed by atoms with Crippen LogP contribution in [0.25, 0.3) is 0 Å². The van der Waals surface area contributed by atoms with Crippen LogP contribution in [0.2, 0.25) is 0 Å². The summed E-state index contributed by atoms with van der Waals surface area (Å²) in [4.78, 5) is 10.2. The van der Waals surface area contributed by atoms with Gasteiger partial charge in [-0.2, -0.15) is 0 Å². The van der Waals surface area contributed by atoms with Crippen molar-refractivity contribution in [2.24, 2.45) is 5.92 Å². The van der Waals surface area contributed by atoms with E-state index in [1.165, 1.54) is 25.2 Å². The Balaban J connectivity index is 3.04. The fraction of sp³-hybridized carbons (Fsp3) is 0.500. The summed E-state index contributed by atoms with van der Waals surface area (Å²) in [7, 11) is -2.15. The van der Waals surface area contributed by atoms with Gasteiger partial charge in [0, 0.05) is 19.7 Å². The van der Waals surface area contributed by atoms with E-state index in [0.29, 0.717) is 6.54 Å². The SMILES string of the molecule is CCC(C)CNS(=O)(=O)c1ccc([N+](=O)[O-])c(NC)c1. The Labute approximate surface area is 118 Å². The number of rotatable bonds is 7. The molecule has 0 heterocycles. The average Bonchev–Trinajstić information content (AvgIpc) is 2.43. The molecule has 0 fully saturated rings. The topological polar surface area (TPSA) is 101 Å². The number of nitrogens with one attached hydrogen (secondary N) is 2. The molecule has 1 unspecified atom stereocenters. The molecule has 0 radical (unpaired) electrons. The van der Waals surface area contributed by atoms with Crippen LogP contribution in [0, 0.1) is 16.0 Å². The van der Waals surface area contributed by atoms with Gasteiger partial charge >= 0.3 is 0 Å². The molecular formula is C12H19N3O4S. The van der Waals surface area contributed by atoms with E-state index in [1.54, 1.807) is 0 Å². The number of nitro benzene ring substituents is 1. The fourth-order valence-corrected chi connectivity index (χ4v) is 2.71. The maximum atomic E-state index is 12.1. The first-order valence-electron chi connectivity index (χ1n) is 6.27. The summed E-state index contributed by atoms with van der Waals surface area (Å²) in [5.74, 6) is 0.228. The highest BCUT2D eigenvalue weighted by atomic mass is 32.2. The van der Waals surface area contributed by atoms with Crippen LogP contribution in [0.15, 0.2) is 23.1 Å². The number of benzene rings is 1. The van der Waals surface area contributed by atoms with Crippen LogP contribution in [0.3, 0.4) is 0 Å². The third-order valence-electron chi connectivity index (χ3n) is 3.06. The van der Waals surface area contributed by atoms with Gasteiger partial charge < -0.3 is 5.32 Å². The second-order valence-electron chi connectivity index (χ2n) is 4.55. The quantitative estimate of drug-likeness (QED) is 0.592. The van der Waals surface area contributed by atoms with Gasteiger partial charge in [0.15, 0.2) is 0 Å². The molecule has 2 N–H and O–H groups in total. The van der Waals surface area contributed by atoms with E-state index >= 15 is 0 Å². The molecule has 1 aromatic carbocycles. The second-order valence-corrected chi connectivity index (χ2v) is 6.32. The van der Waals surface area contributed by atoms with Gasteiger partial charge in [0.1, 0.15) is 5.69 Å². The zero-order valence-corrected chi connectivity index (χ0v) is 12.5. The third-order valence-corrected chi connectivity index (χ3v) is 4.48. The fourth-order valence-electron chi connectivity index (χ4n) is 1.52. The summed E-state index contributed by atoms with van der Waals surface area (Å²) < 4.78 is 26.7. The minimum absolute atomic E-state index is 0.00996. The molecule has 0 aliphatic heterocycles. The normalized spacial score (nSPS) is 12.9. The van der Waals surface area contributed by atoms with Crippen molar-refractivity contribution in [3.63, 3.8) is 0 Å². The molecule has 0 aromatic heterocycles. The molecule has 8 heteroatoms. The predicted molar refractivity (Wildman–Crippen MR) is 77.3 cm³/mol. The van der Waals surface area contributed by atoms with Crippen LogP contribution in [-0.4, -0.2) is 26.9 Å². The van der Waals surface area contributed by atoms with E-state index in [-0.39, 0.29) is 22.2 Å². The van der Waals surface area contributed by atoms with Gasteiger partial charge in [-0.25, -0.2) is 13.1 Å². The summed E-state index contributed by atoms with van der Waals surface area (Å²) in [5.41, 5.74) is 0.00907.